The van der Waals surface area contributed by atoms with Crippen LogP contribution in [0.4, 0.5) is 5.69 Å². The van der Waals surface area contributed by atoms with E-state index in [2.05, 4.69) is 21.2 Å². The number of nitrogens with one attached hydrogen (secondary N) is 1. The zero-order valence-corrected chi connectivity index (χ0v) is 21.0. The summed E-state index contributed by atoms with van der Waals surface area (Å²) in [6.07, 6.45) is 1.59. The van der Waals surface area contributed by atoms with Crippen LogP contribution in [0.3, 0.4) is 0 Å². The second-order valence-electron chi connectivity index (χ2n) is 7.59. The Morgan fingerprint density at radius 3 is 2.31 bits per heavy atom. The zero-order chi connectivity index (χ0) is 23.3. The third-order valence-electron chi connectivity index (χ3n) is 5.41. The van der Waals surface area contributed by atoms with Gasteiger partial charge in [0.2, 0.25) is 10.0 Å². The van der Waals surface area contributed by atoms with Crippen LogP contribution in [0, 0.1) is 6.92 Å². The lowest BCUT2D eigenvalue weighted by molar-refractivity contribution is -0.118. The highest BCUT2D eigenvalue weighted by atomic mass is 79.9. The Hall–Kier alpha value is -1.94. The van der Waals surface area contributed by atoms with Crippen molar-refractivity contribution >= 4 is 37.5 Å². The van der Waals surface area contributed by atoms with Gasteiger partial charge in [0.1, 0.15) is 5.75 Å². The average molecular weight is 525 g/mol. The second kappa shape index (κ2) is 10.8. The quantitative estimate of drug-likeness (QED) is 0.565. The lowest BCUT2D eigenvalue weighted by Crippen LogP contribution is -2.40. The Morgan fingerprint density at radius 1 is 1.12 bits per heavy atom. The number of hydrogen-bond acceptors (Lipinski definition) is 5. The number of nitrogens with zero attached hydrogens (tertiary/aromatic N) is 1. The number of anilines is 1. The summed E-state index contributed by atoms with van der Waals surface area (Å²) in [6.45, 7) is 7.17. The number of ether oxygens (including phenoxy) is 2. The number of morpholine rings is 1. The van der Waals surface area contributed by atoms with E-state index in [-0.39, 0.29) is 17.4 Å². The van der Waals surface area contributed by atoms with E-state index in [0.29, 0.717) is 37.6 Å². The fourth-order valence-electron chi connectivity index (χ4n) is 3.64. The molecule has 0 spiro atoms. The van der Waals surface area contributed by atoms with E-state index >= 15 is 0 Å². The van der Waals surface area contributed by atoms with Gasteiger partial charge >= 0.3 is 0 Å². The van der Waals surface area contributed by atoms with Gasteiger partial charge in [-0.25, -0.2) is 8.42 Å². The Bertz CT molecular complexity index is 1060. The number of halogens is 1. The Kier molecular flexibility index (Phi) is 8.32. The number of amides is 1. The van der Waals surface area contributed by atoms with Crippen molar-refractivity contribution in [3.63, 3.8) is 0 Å². The zero-order valence-electron chi connectivity index (χ0n) is 18.6. The molecule has 0 unspecified atom stereocenters. The van der Waals surface area contributed by atoms with Crippen LogP contribution in [0.1, 0.15) is 30.5 Å². The van der Waals surface area contributed by atoms with E-state index in [9.17, 15) is 13.2 Å². The van der Waals surface area contributed by atoms with Gasteiger partial charge in [0, 0.05) is 23.2 Å². The van der Waals surface area contributed by atoms with Crippen molar-refractivity contribution in [3.8, 4) is 5.75 Å². The predicted octanol–water partition coefficient (Wildman–Crippen LogP) is 3.92. The van der Waals surface area contributed by atoms with Gasteiger partial charge in [0.25, 0.3) is 5.91 Å². The van der Waals surface area contributed by atoms with Crippen molar-refractivity contribution in [2.24, 2.45) is 0 Å². The summed E-state index contributed by atoms with van der Waals surface area (Å²) in [5.41, 5.74) is 3.59. The van der Waals surface area contributed by atoms with Gasteiger partial charge in [-0.2, -0.15) is 4.31 Å². The fraction of sp³-hybridized carbons (Fsp3) is 0.435. The molecule has 174 valence electrons. The van der Waals surface area contributed by atoms with Crippen LogP contribution in [0.5, 0.6) is 5.75 Å². The molecule has 7 nitrogen and oxygen atoms in total. The van der Waals surface area contributed by atoms with Crippen molar-refractivity contribution < 1.29 is 22.7 Å². The molecule has 1 aliphatic rings. The summed E-state index contributed by atoms with van der Waals surface area (Å²) in [7, 11) is -3.58. The molecule has 1 saturated heterocycles. The SMILES string of the molecule is CCc1cc(Br)cc(CC)c1NC(=O)COc1ccc(S(=O)(=O)N2CCOCC2)cc1C. The largest absolute Gasteiger partial charge is 0.483 e. The monoisotopic (exact) mass is 524 g/mol. The molecule has 1 fully saturated rings. The Balaban J connectivity index is 1.68. The molecule has 1 amide bonds. The van der Waals surface area contributed by atoms with Gasteiger partial charge in [-0.15, -0.1) is 0 Å². The maximum Gasteiger partial charge on any atom is 0.262 e. The minimum atomic E-state index is -3.58. The van der Waals surface area contributed by atoms with E-state index in [4.69, 9.17) is 9.47 Å². The minimum absolute atomic E-state index is 0.168. The van der Waals surface area contributed by atoms with Crippen molar-refractivity contribution in [1.29, 1.82) is 0 Å². The summed E-state index contributed by atoms with van der Waals surface area (Å²) in [4.78, 5) is 12.8. The summed E-state index contributed by atoms with van der Waals surface area (Å²) in [6, 6.07) is 8.71. The average Bonchev–Trinajstić information content (AvgIpc) is 2.79. The number of sulfonamides is 1. The lowest BCUT2D eigenvalue weighted by atomic mass is 10.0. The standard InChI is InChI=1S/C23H29BrN2O5S/c1-4-17-13-19(24)14-18(5-2)23(17)25-22(27)15-31-21-7-6-20(12-16(21)3)32(28,29)26-8-10-30-11-9-26/h6-7,12-14H,4-5,8-11,15H2,1-3H3,(H,25,27). The molecule has 0 aliphatic carbocycles. The first-order chi connectivity index (χ1) is 15.3. The van der Waals surface area contributed by atoms with E-state index in [1.807, 2.05) is 26.0 Å². The third kappa shape index (κ3) is 5.70. The smallest absolute Gasteiger partial charge is 0.262 e. The molecule has 0 atom stereocenters. The summed E-state index contributed by atoms with van der Waals surface area (Å²) < 4.78 is 39.0. The molecule has 3 rings (SSSR count). The lowest BCUT2D eigenvalue weighted by Gasteiger charge is -2.26. The number of benzene rings is 2. The van der Waals surface area contributed by atoms with Crippen LogP contribution < -0.4 is 10.1 Å². The Labute approximate surface area is 198 Å². The van der Waals surface area contributed by atoms with E-state index < -0.39 is 10.0 Å². The first-order valence-electron chi connectivity index (χ1n) is 10.7. The molecule has 9 heteroatoms. The number of hydrogen-bond donors (Lipinski definition) is 1. The van der Waals surface area contributed by atoms with Crippen molar-refractivity contribution in [2.75, 3.05) is 38.2 Å². The first-order valence-corrected chi connectivity index (χ1v) is 12.9. The summed E-state index contributed by atoms with van der Waals surface area (Å²) in [5, 5.41) is 2.98. The molecular formula is C23H29BrN2O5S. The third-order valence-corrected chi connectivity index (χ3v) is 7.76. The van der Waals surface area contributed by atoms with Gasteiger partial charge in [-0.1, -0.05) is 29.8 Å². The molecule has 0 bridgehead atoms. The minimum Gasteiger partial charge on any atom is -0.483 e. The second-order valence-corrected chi connectivity index (χ2v) is 10.4. The molecule has 2 aromatic carbocycles. The number of carbonyl (C=O) groups excluding carboxylic acids is 1. The number of aryl methyl sites for hydroxylation is 3. The van der Waals surface area contributed by atoms with E-state index in [1.165, 1.54) is 10.4 Å². The molecule has 1 N–H and O–H groups in total. The highest BCUT2D eigenvalue weighted by Gasteiger charge is 2.26. The topological polar surface area (TPSA) is 84.9 Å². The summed E-state index contributed by atoms with van der Waals surface area (Å²) in [5.74, 6) is 0.212. The maximum atomic E-state index is 12.8. The molecule has 0 radical (unpaired) electrons. The van der Waals surface area contributed by atoms with Crippen molar-refractivity contribution in [1.82, 2.24) is 4.31 Å². The van der Waals surface area contributed by atoms with Crippen LogP contribution in [0.2, 0.25) is 0 Å². The predicted molar refractivity (Wildman–Crippen MR) is 128 cm³/mol. The molecular weight excluding hydrogens is 496 g/mol. The van der Waals surface area contributed by atoms with E-state index in [0.717, 1.165) is 34.1 Å². The van der Waals surface area contributed by atoms with Crippen LogP contribution in [-0.2, 0) is 32.4 Å². The molecule has 32 heavy (non-hydrogen) atoms. The highest BCUT2D eigenvalue weighted by molar-refractivity contribution is 9.10. The Morgan fingerprint density at radius 2 is 1.75 bits per heavy atom. The molecule has 1 aliphatic heterocycles. The van der Waals surface area contributed by atoms with Gasteiger partial charge in [0.05, 0.1) is 18.1 Å². The molecule has 0 saturated carbocycles. The first kappa shape index (κ1) is 24.7. The molecule has 2 aromatic rings. The number of rotatable bonds is 8. The summed E-state index contributed by atoms with van der Waals surface area (Å²) >= 11 is 3.52. The molecule has 0 aromatic heterocycles. The van der Waals surface area contributed by atoms with Crippen molar-refractivity contribution in [2.45, 2.75) is 38.5 Å². The van der Waals surface area contributed by atoms with Crippen LogP contribution >= 0.6 is 15.9 Å². The molecule has 1 heterocycles. The maximum absolute atomic E-state index is 12.8. The van der Waals surface area contributed by atoms with Gasteiger partial charge in [-0.05, 0) is 66.8 Å². The normalized spacial score (nSPS) is 14.9. The van der Waals surface area contributed by atoms with E-state index in [1.54, 1.807) is 19.1 Å². The fourth-order valence-corrected chi connectivity index (χ4v) is 5.69. The van der Waals surface area contributed by atoms with Crippen LogP contribution in [-0.4, -0.2) is 51.5 Å². The van der Waals surface area contributed by atoms with Gasteiger partial charge < -0.3 is 14.8 Å². The van der Waals surface area contributed by atoms with Gasteiger partial charge in [0.15, 0.2) is 6.61 Å². The van der Waals surface area contributed by atoms with Gasteiger partial charge in [-0.3, -0.25) is 4.79 Å². The number of carbonyl (C=O) groups is 1. The van der Waals surface area contributed by atoms with Crippen molar-refractivity contribution in [3.05, 3.63) is 51.5 Å². The van der Waals surface area contributed by atoms with Crippen LogP contribution in [0.15, 0.2) is 39.7 Å². The van der Waals surface area contributed by atoms with Crippen LogP contribution in [0.25, 0.3) is 0 Å². The highest BCUT2D eigenvalue weighted by Crippen LogP contribution is 2.28.